The van der Waals surface area contributed by atoms with E-state index in [9.17, 15) is 23.1 Å². The molecule has 0 aromatic heterocycles. The van der Waals surface area contributed by atoms with E-state index in [4.69, 9.17) is 5.11 Å². The molecular weight excluding hydrogens is 285 g/mol. The molecule has 1 aliphatic rings. The molecule has 0 saturated heterocycles. The van der Waals surface area contributed by atoms with Crippen LogP contribution in [0.5, 0.6) is 0 Å². The number of halogens is 3. The number of hydrogen-bond donors (Lipinski definition) is 2. The van der Waals surface area contributed by atoms with Crippen molar-refractivity contribution in [3.05, 3.63) is 35.1 Å². The summed E-state index contributed by atoms with van der Waals surface area (Å²) in [6, 6.07) is 1.03. The van der Waals surface area contributed by atoms with Crippen LogP contribution < -0.4 is 0 Å². The monoisotopic (exact) mass is 302 g/mol. The maximum Gasteiger partial charge on any atom is 0.303 e. The molecule has 1 aromatic rings. The van der Waals surface area contributed by atoms with Gasteiger partial charge in [-0.1, -0.05) is 12.8 Å². The van der Waals surface area contributed by atoms with E-state index in [-0.39, 0.29) is 18.4 Å². The first kappa shape index (κ1) is 15.8. The molecule has 1 atom stereocenters. The lowest BCUT2D eigenvalue weighted by molar-refractivity contribution is -0.140. The van der Waals surface area contributed by atoms with Gasteiger partial charge in [-0.25, -0.2) is 13.2 Å². The van der Waals surface area contributed by atoms with Crippen molar-refractivity contribution in [1.82, 2.24) is 0 Å². The first-order valence-corrected chi connectivity index (χ1v) is 6.87. The van der Waals surface area contributed by atoms with Crippen molar-refractivity contribution in [3.8, 4) is 0 Å². The van der Waals surface area contributed by atoms with Crippen molar-refractivity contribution in [3.63, 3.8) is 0 Å². The summed E-state index contributed by atoms with van der Waals surface area (Å²) in [6.45, 7) is 0. The molecule has 1 fully saturated rings. The molecule has 0 amide bonds. The van der Waals surface area contributed by atoms with Crippen molar-refractivity contribution in [1.29, 1.82) is 0 Å². The smallest absolute Gasteiger partial charge is 0.303 e. The highest BCUT2D eigenvalue weighted by Gasteiger charge is 2.38. The lowest BCUT2D eigenvalue weighted by Gasteiger charge is -2.30. The third kappa shape index (κ3) is 3.56. The van der Waals surface area contributed by atoms with Gasteiger partial charge in [0.05, 0.1) is 12.5 Å². The molecule has 0 bridgehead atoms. The first-order valence-electron chi connectivity index (χ1n) is 6.87. The molecule has 21 heavy (non-hydrogen) atoms. The van der Waals surface area contributed by atoms with Gasteiger partial charge < -0.3 is 10.2 Å². The summed E-state index contributed by atoms with van der Waals surface area (Å²) in [5, 5.41) is 19.1. The second-order valence-corrected chi connectivity index (χ2v) is 5.79. The molecule has 2 rings (SSSR count). The van der Waals surface area contributed by atoms with E-state index in [0.29, 0.717) is 25.0 Å². The zero-order chi connectivity index (χ0) is 15.6. The number of carbonyl (C=O) groups is 1. The SMILES string of the molecule is O=C(O)CC1(CC(O)c2cc(F)c(F)cc2F)CCCC1. The van der Waals surface area contributed by atoms with Crippen LogP contribution in [0.15, 0.2) is 12.1 Å². The molecule has 1 aromatic carbocycles. The Morgan fingerprint density at radius 2 is 1.71 bits per heavy atom. The van der Waals surface area contributed by atoms with Crippen molar-refractivity contribution in [2.75, 3.05) is 0 Å². The van der Waals surface area contributed by atoms with E-state index in [1.807, 2.05) is 0 Å². The normalized spacial score (nSPS) is 18.7. The molecule has 1 unspecified atom stereocenters. The zero-order valence-electron chi connectivity index (χ0n) is 11.4. The standard InChI is InChI=1S/C15H17F3O3/c16-10-6-12(18)11(17)5-9(10)13(19)7-15(8-14(20)21)3-1-2-4-15/h5-6,13,19H,1-4,7-8H2,(H,20,21). The van der Waals surface area contributed by atoms with Gasteiger partial charge in [-0.2, -0.15) is 0 Å². The van der Waals surface area contributed by atoms with Gasteiger partial charge in [-0.3, -0.25) is 4.79 Å². The van der Waals surface area contributed by atoms with Crippen LogP contribution in [-0.4, -0.2) is 16.2 Å². The first-order chi connectivity index (χ1) is 9.83. The summed E-state index contributed by atoms with van der Waals surface area (Å²) in [6.07, 6.45) is 1.51. The number of carboxylic acids is 1. The lowest BCUT2D eigenvalue weighted by atomic mass is 9.76. The quantitative estimate of drug-likeness (QED) is 0.818. The van der Waals surface area contributed by atoms with Gasteiger partial charge in [0.2, 0.25) is 0 Å². The van der Waals surface area contributed by atoms with Gasteiger partial charge in [0.1, 0.15) is 5.82 Å². The summed E-state index contributed by atoms with van der Waals surface area (Å²) >= 11 is 0. The van der Waals surface area contributed by atoms with E-state index in [1.165, 1.54) is 0 Å². The molecule has 0 aliphatic heterocycles. The summed E-state index contributed by atoms with van der Waals surface area (Å²) in [7, 11) is 0. The molecule has 0 heterocycles. The molecular formula is C15H17F3O3. The largest absolute Gasteiger partial charge is 0.481 e. The van der Waals surface area contributed by atoms with Crippen LogP contribution in [-0.2, 0) is 4.79 Å². The Labute approximate surface area is 120 Å². The molecule has 3 nitrogen and oxygen atoms in total. The van der Waals surface area contributed by atoms with Crippen LogP contribution in [0.1, 0.15) is 50.2 Å². The summed E-state index contributed by atoms with van der Waals surface area (Å²) < 4.78 is 39.8. The molecule has 0 spiro atoms. The fourth-order valence-electron chi connectivity index (χ4n) is 3.21. The van der Waals surface area contributed by atoms with E-state index in [0.717, 1.165) is 12.8 Å². The Kier molecular flexibility index (Phi) is 4.56. The van der Waals surface area contributed by atoms with Gasteiger partial charge in [0.15, 0.2) is 11.6 Å². The molecule has 116 valence electrons. The number of hydrogen-bond acceptors (Lipinski definition) is 2. The van der Waals surface area contributed by atoms with Crippen molar-refractivity contribution in [2.45, 2.75) is 44.6 Å². The van der Waals surface area contributed by atoms with Crippen LogP contribution in [0.3, 0.4) is 0 Å². The predicted molar refractivity (Wildman–Crippen MR) is 69.0 cm³/mol. The second-order valence-electron chi connectivity index (χ2n) is 5.79. The third-order valence-corrected chi connectivity index (χ3v) is 4.22. The average molecular weight is 302 g/mol. The number of aliphatic carboxylic acids is 1. The minimum atomic E-state index is -1.35. The maximum atomic E-state index is 13.7. The molecule has 6 heteroatoms. The van der Waals surface area contributed by atoms with E-state index >= 15 is 0 Å². The number of benzene rings is 1. The van der Waals surface area contributed by atoms with Gasteiger partial charge in [0.25, 0.3) is 0 Å². The molecule has 1 aliphatic carbocycles. The Hall–Kier alpha value is -1.56. The average Bonchev–Trinajstić information content (AvgIpc) is 2.80. The molecule has 0 radical (unpaired) electrons. The predicted octanol–water partition coefficient (Wildman–Crippen LogP) is 3.56. The van der Waals surface area contributed by atoms with E-state index in [1.54, 1.807) is 0 Å². The van der Waals surface area contributed by atoms with Crippen LogP contribution in [0.4, 0.5) is 13.2 Å². The maximum absolute atomic E-state index is 13.7. The minimum absolute atomic E-state index is 0.0291. The van der Waals surface area contributed by atoms with Crippen molar-refractivity contribution in [2.24, 2.45) is 5.41 Å². The second kappa shape index (κ2) is 6.05. The van der Waals surface area contributed by atoms with Crippen molar-refractivity contribution >= 4 is 5.97 Å². The highest BCUT2D eigenvalue weighted by atomic mass is 19.2. The Morgan fingerprint density at radius 3 is 2.29 bits per heavy atom. The topological polar surface area (TPSA) is 57.5 Å². The van der Waals surface area contributed by atoms with Gasteiger partial charge >= 0.3 is 5.97 Å². The fourth-order valence-corrected chi connectivity index (χ4v) is 3.21. The van der Waals surface area contributed by atoms with Crippen LogP contribution in [0.25, 0.3) is 0 Å². The third-order valence-electron chi connectivity index (χ3n) is 4.22. The molecule has 2 N–H and O–H groups in total. The number of aliphatic hydroxyl groups excluding tert-OH is 1. The summed E-state index contributed by atoms with van der Waals surface area (Å²) in [5.41, 5.74) is -0.937. The highest BCUT2D eigenvalue weighted by Crippen LogP contribution is 2.47. The van der Waals surface area contributed by atoms with Gasteiger partial charge in [-0.05, 0) is 30.7 Å². The number of carboxylic acid groups (broad SMARTS) is 1. The lowest BCUT2D eigenvalue weighted by Crippen LogP contribution is -2.24. The van der Waals surface area contributed by atoms with Crippen LogP contribution in [0.2, 0.25) is 0 Å². The number of aliphatic hydroxyl groups is 1. The van der Waals surface area contributed by atoms with Gasteiger partial charge in [-0.15, -0.1) is 0 Å². The zero-order valence-corrected chi connectivity index (χ0v) is 11.4. The van der Waals surface area contributed by atoms with Crippen molar-refractivity contribution < 1.29 is 28.2 Å². The fraction of sp³-hybridized carbons (Fsp3) is 0.533. The summed E-state index contributed by atoms with van der Waals surface area (Å²) in [5.74, 6) is -4.55. The Bertz CT molecular complexity index is 539. The molecule has 1 saturated carbocycles. The minimum Gasteiger partial charge on any atom is -0.481 e. The summed E-state index contributed by atoms with van der Waals surface area (Å²) in [4.78, 5) is 11.0. The Morgan fingerprint density at radius 1 is 1.14 bits per heavy atom. The van der Waals surface area contributed by atoms with E-state index < -0.39 is 34.9 Å². The number of rotatable bonds is 5. The van der Waals surface area contributed by atoms with E-state index in [2.05, 4.69) is 0 Å². The Balaban J connectivity index is 2.21. The van der Waals surface area contributed by atoms with Crippen LogP contribution >= 0.6 is 0 Å². The van der Waals surface area contributed by atoms with Crippen LogP contribution in [0, 0.1) is 22.9 Å². The highest BCUT2D eigenvalue weighted by molar-refractivity contribution is 5.67. The van der Waals surface area contributed by atoms with Gasteiger partial charge in [0, 0.05) is 11.6 Å².